The summed E-state index contributed by atoms with van der Waals surface area (Å²) in [5.41, 5.74) is 2.41. The van der Waals surface area contributed by atoms with Crippen LogP contribution in [0.4, 0.5) is 0 Å². The van der Waals surface area contributed by atoms with Gasteiger partial charge < -0.3 is 23.7 Å². The predicted molar refractivity (Wildman–Crippen MR) is 178 cm³/mol. The van der Waals surface area contributed by atoms with Gasteiger partial charge in [0.25, 0.3) is 0 Å². The molecule has 240 valence electrons. The van der Waals surface area contributed by atoms with Crippen molar-refractivity contribution in [3.63, 3.8) is 0 Å². The van der Waals surface area contributed by atoms with E-state index in [0.717, 1.165) is 81.9 Å². The first-order chi connectivity index (χ1) is 21.0. The van der Waals surface area contributed by atoms with Crippen LogP contribution in [0.3, 0.4) is 0 Å². The molecule has 0 spiro atoms. The molecule has 0 radical (unpaired) electrons. The Morgan fingerprint density at radius 2 is 1.02 bits per heavy atom. The Hall–Kier alpha value is -3.15. The lowest BCUT2D eigenvalue weighted by Crippen LogP contribution is -2.12. The number of benzene rings is 2. The fourth-order valence-electron chi connectivity index (χ4n) is 4.27. The van der Waals surface area contributed by atoms with Gasteiger partial charge >= 0.3 is 0 Å². The molecule has 0 bridgehead atoms. The smallest absolute Gasteiger partial charge is 0.193 e. The molecule has 2 rings (SSSR count). The Morgan fingerprint density at radius 3 is 1.47 bits per heavy atom. The molecule has 0 aliphatic rings. The molecule has 0 amide bonds. The zero-order valence-electron chi connectivity index (χ0n) is 27.7. The van der Waals surface area contributed by atoms with E-state index in [9.17, 15) is 4.79 Å². The van der Waals surface area contributed by atoms with Crippen LogP contribution in [-0.2, 0) is 6.42 Å². The van der Waals surface area contributed by atoms with E-state index >= 15 is 0 Å². The van der Waals surface area contributed by atoms with Crippen molar-refractivity contribution < 1.29 is 28.5 Å². The summed E-state index contributed by atoms with van der Waals surface area (Å²) in [7, 11) is 0. The first kappa shape index (κ1) is 36.0. The van der Waals surface area contributed by atoms with E-state index in [1.54, 1.807) is 6.08 Å². The largest absolute Gasteiger partial charge is 0.493 e. The molecule has 0 unspecified atom stereocenters. The summed E-state index contributed by atoms with van der Waals surface area (Å²) in [6, 6.07) is 8.01. The third-order valence-electron chi connectivity index (χ3n) is 7.06. The number of ether oxygens (including phenoxy) is 5. The van der Waals surface area contributed by atoms with Gasteiger partial charge in [-0.2, -0.15) is 0 Å². The highest BCUT2D eigenvalue weighted by atomic mass is 16.5. The second-order valence-electron chi connectivity index (χ2n) is 10.8. The Labute approximate surface area is 261 Å². The van der Waals surface area contributed by atoms with Gasteiger partial charge in [-0.1, -0.05) is 79.7 Å². The number of aryl methyl sites for hydroxylation is 1. The van der Waals surface area contributed by atoms with Crippen molar-refractivity contribution in [3.8, 4) is 28.7 Å². The topological polar surface area (TPSA) is 63.2 Å². The van der Waals surface area contributed by atoms with Crippen LogP contribution in [0.15, 0.2) is 30.3 Å². The molecule has 0 N–H and O–H groups in total. The van der Waals surface area contributed by atoms with Crippen LogP contribution in [0.5, 0.6) is 28.7 Å². The number of ketones is 1. The molecule has 2 aromatic carbocycles. The van der Waals surface area contributed by atoms with Crippen LogP contribution in [-0.4, -0.2) is 38.8 Å². The van der Waals surface area contributed by atoms with Crippen LogP contribution in [0.2, 0.25) is 0 Å². The molecule has 0 aliphatic carbocycles. The molecule has 0 atom stereocenters. The van der Waals surface area contributed by atoms with Crippen LogP contribution < -0.4 is 23.7 Å². The summed E-state index contributed by atoms with van der Waals surface area (Å²) in [5.74, 6) is 2.44. The van der Waals surface area contributed by atoms with Gasteiger partial charge in [0.2, 0.25) is 0 Å². The lowest BCUT2D eigenvalue weighted by atomic mass is 10.0. The average molecular weight is 597 g/mol. The molecule has 43 heavy (non-hydrogen) atoms. The van der Waals surface area contributed by atoms with E-state index in [4.69, 9.17) is 23.7 Å². The fraction of sp³-hybridized carbons (Fsp3) is 0.595. The van der Waals surface area contributed by atoms with E-state index in [1.165, 1.54) is 5.56 Å². The molecular weight excluding hydrogens is 540 g/mol. The molecule has 0 saturated carbocycles. The number of hydrogen-bond donors (Lipinski definition) is 0. The first-order valence-electron chi connectivity index (χ1n) is 16.7. The minimum absolute atomic E-state index is 0.222. The number of allylic oxidation sites excluding steroid dienone is 1. The van der Waals surface area contributed by atoms with Crippen LogP contribution in [0, 0.1) is 0 Å². The quantitative estimate of drug-likeness (QED) is 0.0683. The minimum Gasteiger partial charge on any atom is -0.493 e. The van der Waals surface area contributed by atoms with Crippen molar-refractivity contribution in [2.45, 2.75) is 112 Å². The van der Waals surface area contributed by atoms with Crippen molar-refractivity contribution >= 4 is 11.9 Å². The van der Waals surface area contributed by atoms with Gasteiger partial charge in [-0.15, -0.1) is 0 Å². The number of carbonyl (C=O) groups is 1. The lowest BCUT2D eigenvalue weighted by Gasteiger charge is -2.22. The molecule has 0 saturated heterocycles. The van der Waals surface area contributed by atoms with Crippen LogP contribution in [0.1, 0.15) is 127 Å². The normalized spacial score (nSPS) is 11.1. The van der Waals surface area contributed by atoms with Gasteiger partial charge in [-0.3, -0.25) is 4.79 Å². The van der Waals surface area contributed by atoms with Crippen LogP contribution in [0.25, 0.3) is 6.08 Å². The van der Waals surface area contributed by atoms with Crippen molar-refractivity contribution in [2.24, 2.45) is 0 Å². The summed E-state index contributed by atoms with van der Waals surface area (Å²) >= 11 is 0. The standard InChI is InChI=1S/C37H56O6/c1-7-13-22-39-32-21-18-29(12-6)27-30(32)19-20-31(38)35-36(42-25-16-10-4)33(40-23-14-8-2)28-34(41-24-15-9-3)37(35)43-26-17-11-5/h18-21,27-28H,7-17,22-26H2,1-6H3. The second-order valence-corrected chi connectivity index (χ2v) is 10.8. The van der Waals surface area contributed by atoms with E-state index in [0.29, 0.717) is 61.6 Å². The Balaban J connectivity index is 2.67. The summed E-state index contributed by atoms with van der Waals surface area (Å²) in [6.07, 6.45) is 13.8. The van der Waals surface area contributed by atoms with Crippen molar-refractivity contribution in [2.75, 3.05) is 33.0 Å². The monoisotopic (exact) mass is 596 g/mol. The van der Waals surface area contributed by atoms with E-state index < -0.39 is 0 Å². The third kappa shape index (κ3) is 12.2. The highest BCUT2D eigenvalue weighted by Crippen LogP contribution is 2.46. The second kappa shape index (κ2) is 21.5. The van der Waals surface area contributed by atoms with E-state index in [-0.39, 0.29) is 5.78 Å². The molecule has 0 fully saturated rings. The SMILES string of the molecule is CCCCOc1ccc(CC)cc1C=CC(=O)c1c(OCCCC)c(OCCCC)cc(OCCCC)c1OCCCC. The number of unbranched alkanes of at least 4 members (excludes halogenated alkanes) is 5. The molecule has 0 heterocycles. The van der Waals surface area contributed by atoms with Gasteiger partial charge in [-0.05, 0) is 68.4 Å². The van der Waals surface area contributed by atoms with Crippen molar-refractivity contribution in [1.29, 1.82) is 0 Å². The molecule has 2 aromatic rings. The fourth-order valence-corrected chi connectivity index (χ4v) is 4.27. The number of rotatable bonds is 24. The minimum atomic E-state index is -0.222. The van der Waals surface area contributed by atoms with Gasteiger partial charge in [0.1, 0.15) is 11.3 Å². The highest BCUT2D eigenvalue weighted by Gasteiger charge is 2.27. The Morgan fingerprint density at radius 1 is 0.581 bits per heavy atom. The summed E-state index contributed by atoms with van der Waals surface area (Å²) < 4.78 is 31.2. The molecular formula is C37H56O6. The van der Waals surface area contributed by atoms with Gasteiger partial charge in [0.15, 0.2) is 28.8 Å². The maximum Gasteiger partial charge on any atom is 0.193 e. The predicted octanol–water partition coefficient (Wildman–Crippen LogP) is 10.0. The van der Waals surface area contributed by atoms with Crippen molar-refractivity contribution in [1.82, 2.24) is 0 Å². The summed E-state index contributed by atoms with van der Waals surface area (Å²) in [5, 5.41) is 0. The maximum absolute atomic E-state index is 14.2. The third-order valence-corrected chi connectivity index (χ3v) is 7.06. The molecule has 0 aromatic heterocycles. The Bertz CT molecular complexity index is 1060. The zero-order valence-corrected chi connectivity index (χ0v) is 27.7. The number of hydrogen-bond acceptors (Lipinski definition) is 6. The highest BCUT2D eigenvalue weighted by molar-refractivity contribution is 6.11. The van der Waals surface area contributed by atoms with Gasteiger partial charge in [0.05, 0.1) is 33.0 Å². The van der Waals surface area contributed by atoms with Crippen molar-refractivity contribution in [3.05, 3.63) is 47.0 Å². The zero-order chi connectivity index (χ0) is 31.3. The van der Waals surface area contributed by atoms with Gasteiger partial charge in [-0.25, -0.2) is 0 Å². The number of carbonyl (C=O) groups excluding carboxylic acids is 1. The average Bonchev–Trinajstić information content (AvgIpc) is 3.02. The summed E-state index contributed by atoms with van der Waals surface area (Å²) in [6.45, 7) is 15.4. The molecule has 6 nitrogen and oxygen atoms in total. The molecule has 0 aliphatic heterocycles. The van der Waals surface area contributed by atoms with E-state index in [1.807, 2.05) is 18.2 Å². The Kier molecular flexibility index (Phi) is 18.0. The van der Waals surface area contributed by atoms with E-state index in [2.05, 4.69) is 53.7 Å². The molecule has 6 heteroatoms. The first-order valence-corrected chi connectivity index (χ1v) is 16.7. The van der Waals surface area contributed by atoms with Crippen LogP contribution >= 0.6 is 0 Å². The summed E-state index contributed by atoms with van der Waals surface area (Å²) in [4.78, 5) is 14.2. The van der Waals surface area contributed by atoms with Gasteiger partial charge in [0, 0.05) is 11.6 Å². The maximum atomic E-state index is 14.2. The lowest BCUT2D eigenvalue weighted by molar-refractivity contribution is 0.103.